The van der Waals surface area contributed by atoms with E-state index in [2.05, 4.69) is 64.0 Å². The van der Waals surface area contributed by atoms with Gasteiger partial charge in [-0.3, -0.25) is 0 Å². The molecule has 0 aromatic carbocycles. The lowest BCUT2D eigenvalue weighted by molar-refractivity contribution is 0.580. The minimum Gasteiger partial charge on any atom is -0.360 e. The highest BCUT2D eigenvalue weighted by Gasteiger charge is 2.07. The Morgan fingerprint density at radius 2 is 1.90 bits per heavy atom. The fourth-order valence-corrected chi connectivity index (χ4v) is 2.00. The topological polar surface area (TPSA) is 28.2 Å². The van der Waals surface area contributed by atoms with Gasteiger partial charge >= 0.3 is 0 Å². The Balaban J connectivity index is 2.80. The van der Waals surface area contributed by atoms with Crippen LogP contribution in [0.15, 0.2) is 12.1 Å². The maximum Gasteiger partial charge on any atom is 0.128 e. The first-order chi connectivity index (χ1) is 9.42. The standard InChI is InChI=1S/C17H31N3/c1-7-16-10-15(12-18-14(4)5)11-17(19-16)20(6)9-8-13(2)3/h10-11,13-14,18H,7-9,12H2,1-6H3. The summed E-state index contributed by atoms with van der Waals surface area (Å²) in [6.45, 7) is 13.0. The van der Waals surface area contributed by atoms with Gasteiger partial charge < -0.3 is 10.2 Å². The van der Waals surface area contributed by atoms with Gasteiger partial charge in [-0.05, 0) is 36.5 Å². The van der Waals surface area contributed by atoms with E-state index in [0.717, 1.165) is 31.2 Å². The number of hydrogen-bond acceptors (Lipinski definition) is 3. The lowest BCUT2D eigenvalue weighted by Crippen LogP contribution is -2.24. The quantitative estimate of drug-likeness (QED) is 0.786. The van der Waals surface area contributed by atoms with Crippen LogP contribution in [0, 0.1) is 5.92 Å². The van der Waals surface area contributed by atoms with Crippen LogP contribution in [0.3, 0.4) is 0 Å². The first kappa shape index (κ1) is 17.0. The van der Waals surface area contributed by atoms with Crippen molar-refractivity contribution in [2.75, 3.05) is 18.5 Å². The fourth-order valence-electron chi connectivity index (χ4n) is 2.00. The zero-order valence-corrected chi connectivity index (χ0v) is 14.0. The normalized spacial score (nSPS) is 11.4. The lowest BCUT2D eigenvalue weighted by atomic mass is 10.1. The molecule has 20 heavy (non-hydrogen) atoms. The minimum atomic E-state index is 0.510. The molecule has 0 radical (unpaired) electrons. The highest BCUT2D eigenvalue weighted by molar-refractivity contribution is 5.42. The summed E-state index contributed by atoms with van der Waals surface area (Å²) in [6.07, 6.45) is 2.19. The molecule has 3 nitrogen and oxygen atoms in total. The van der Waals surface area contributed by atoms with Gasteiger partial charge in [0.25, 0.3) is 0 Å². The number of aromatic nitrogens is 1. The maximum absolute atomic E-state index is 4.76. The van der Waals surface area contributed by atoms with Crippen LogP contribution in [0.4, 0.5) is 5.82 Å². The number of nitrogens with zero attached hydrogens (tertiary/aromatic N) is 2. The van der Waals surface area contributed by atoms with Crippen LogP contribution in [-0.2, 0) is 13.0 Å². The van der Waals surface area contributed by atoms with E-state index < -0.39 is 0 Å². The van der Waals surface area contributed by atoms with Crippen molar-refractivity contribution in [3.05, 3.63) is 23.4 Å². The maximum atomic E-state index is 4.76. The van der Waals surface area contributed by atoms with Gasteiger partial charge in [0.05, 0.1) is 0 Å². The van der Waals surface area contributed by atoms with Crippen molar-refractivity contribution in [1.29, 1.82) is 0 Å². The van der Waals surface area contributed by atoms with Crippen LogP contribution in [-0.4, -0.2) is 24.6 Å². The second kappa shape index (κ2) is 8.25. The number of aryl methyl sites for hydroxylation is 1. The van der Waals surface area contributed by atoms with Gasteiger partial charge in [0, 0.05) is 31.9 Å². The third-order valence-electron chi connectivity index (χ3n) is 3.43. The van der Waals surface area contributed by atoms with E-state index in [1.807, 2.05) is 0 Å². The van der Waals surface area contributed by atoms with E-state index in [4.69, 9.17) is 4.98 Å². The molecule has 1 N–H and O–H groups in total. The van der Waals surface area contributed by atoms with Gasteiger partial charge in [-0.15, -0.1) is 0 Å². The van der Waals surface area contributed by atoms with Crippen molar-refractivity contribution in [1.82, 2.24) is 10.3 Å². The average molecular weight is 277 g/mol. The molecule has 1 aromatic rings. The first-order valence-electron chi connectivity index (χ1n) is 7.86. The molecule has 0 saturated carbocycles. The second-order valence-electron chi connectivity index (χ2n) is 6.32. The highest BCUT2D eigenvalue weighted by atomic mass is 15.2. The van der Waals surface area contributed by atoms with Gasteiger partial charge in [0.15, 0.2) is 0 Å². The van der Waals surface area contributed by atoms with Crippen molar-refractivity contribution < 1.29 is 0 Å². The fraction of sp³-hybridized carbons (Fsp3) is 0.706. The van der Waals surface area contributed by atoms with Crippen LogP contribution >= 0.6 is 0 Å². The van der Waals surface area contributed by atoms with E-state index in [1.54, 1.807) is 0 Å². The Labute approximate surface area is 124 Å². The Morgan fingerprint density at radius 3 is 2.45 bits per heavy atom. The van der Waals surface area contributed by atoms with E-state index in [9.17, 15) is 0 Å². The SMILES string of the molecule is CCc1cc(CNC(C)C)cc(N(C)CCC(C)C)n1. The Kier molecular flexibility index (Phi) is 7.00. The van der Waals surface area contributed by atoms with Crippen LogP contribution < -0.4 is 10.2 Å². The zero-order valence-electron chi connectivity index (χ0n) is 14.0. The predicted molar refractivity (Wildman–Crippen MR) is 88.3 cm³/mol. The number of pyridine rings is 1. The molecule has 3 heteroatoms. The largest absolute Gasteiger partial charge is 0.360 e. The summed E-state index contributed by atoms with van der Waals surface area (Å²) < 4.78 is 0. The van der Waals surface area contributed by atoms with Gasteiger partial charge in [0.1, 0.15) is 5.82 Å². The highest BCUT2D eigenvalue weighted by Crippen LogP contribution is 2.16. The summed E-state index contributed by atoms with van der Waals surface area (Å²) in [6, 6.07) is 4.94. The average Bonchev–Trinajstić information content (AvgIpc) is 2.41. The number of rotatable bonds is 8. The minimum absolute atomic E-state index is 0.510. The molecule has 1 rings (SSSR count). The monoisotopic (exact) mass is 277 g/mol. The van der Waals surface area contributed by atoms with Gasteiger partial charge in [-0.2, -0.15) is 0 Å². The summed E-state index contributed by atoms with van der Waals surface area (Å²) >= 11 is 0. The van der Waals surface area contributed by atoms with Crippen molar-refractivity contribution in [3.63, 3.8) is 0 Å². The molecule has 0 aliphatic heterocycles. The first-order valence-corrected chi connectivity index (χ1v) is 7.86. The number of nitrogens with one attached hydrogen (secondary N) is 1. The summed E-state index contributed by atoms with van der Waals surface area (Å²) in [5.41, 5.74) is 2.51. The summed E-state index contributed by atoms with van der Waals surface area (Å²) in [4.78, 5) is 7.03. The van der Waals surface area contributed by atoms with Crippen molar-refractivity contribution in [2.24, 2.45) is 5.92 Å². The van der Waals surface area contributed by atoms with Crippen LogP contribution in [0.1, 0.15) is 52.3 Å². The third-order valence-corrected chi connectivity index (χ3v) is 3.43. The smallest absolute Gasteiger partial charge is 0.128 e. The van der Waals surface area contributed by atoms with Crippen LogP contribution in [0.2, 0.25) is 0 Å². The predicted octanol–water partition coefficient (Wildman–Crippen LogP) is 3.62. The van der Waals surface area contributed by atoms with Gasteiger partial charge in [-0.1, -0.05) is 34.6 Å². The molecular weight excluding hydrogens is 246 g/mol. The molecule has 0 spiro atoms. The van der Waals surface area contributed by atoms with E-state index in [1.165, 1.54) is 17.7 Å². The molecule has 1 aromatic heterocycles. The molecule has 0 fully saturated rings. The molecule has 1 heterocycles. The summed E-state index contributed by atoms with van der Waals surface area (Å²) in [5, 5.41) is 3.48. The molecule has 0 unspecified atom stereocenters. The van der Waals surface area contributed by atoms with E-state index in [-0.39, 0.29) is 0 Å². The molecule has 0 amide bonds. The van der Waals surface area contributed by atoms with Crippen molar-refractivity contribution in [2.45, 2.75) is 60.0 Å². The van der Waals surface area contributed by atoms with Crippen LogP contribution in [0.25, 0.3) is 0 Å². The van der Waals surface area contributed by atoms with Crippen LogP contribution in [0.5, 0.6) is 0 Å². The second-order valence-corrected chi connectivity index (χ2v) is 6.32. The molecule has 0 saturated heterocycles. The summed E-state index contributed by atoms with van der Waals surface area (Å²) in [7, 11) is 2.14. The van der Waals surface area contributed by atoms with E-state index >= 15 is 0 Å². The molecule has 0 bridgehead atoms. The van der Waals surface area contributed by atoms with Crippen molar-refractivity contribution >= 4 is 5.82 Å². The molecule has 114 valence electrons. The molecule has 0 atom stereocenters. The Hall–Kier alpha value is -1.09. The lowest BCUT2D eigenvalue weighted by Gasteiger charge is -2.21. The number of anilines is 1. The van der Waals surface area contributed by atoms with Gasteiger partial charge in [0.2, 0.25) is 0 Å². The Morgan fingerprint density at radius 1 is 1.20 bits per heavy atom. The molecule has 0 aliphatic carbocycles. The molecular formula is C17H31N3. The third kappa shape index (κ3) is 5.91. The number of hydrogen-bond donors (Lipinski definition) is 1. The Bertz CT molecular complexity index is 399. The summed E-state index contributed by atoms with van der Waals surface area (Å²) in [5.74, 6) is 1.83. The van der Waals surface area contributed by atoms with Crippen molar-refractivity contribution in [3.8, 4) is 0 Å². The van der Waals surface area contributed by atoms with E-state index in [0.29, 0.717) is 6.04 Å². The van der Waals surface area contributed by atoms with Gasteiger partial charge in [-0.25, -0.2) is 4.98 Å². The molecule has 0 aliphatic rings. The zero-order chi connectivity index (χ0) is 15.1.